The molecule has 3 nitrogen and oxygen atoms in total. The molecule has 0 spiro atoms. The van der Waals surface area contributed by atoms with Gasteiger partial charge in [0.25, 0.3) is 0 Å². The molecule has 0 aromatic heterocycles. The summed E-state index contributed by atoms with van der Waals surface area (Å²) in [5.74, 6) is 0.195. The van der Waals surface area contributed by atoms with Crippen LogP contribution < -0.4 is 5.32 Å². The van der Waals surface area contributed by atoms with Crippen molar-refractivity contribution in [2.45, 2.75) is 18.9 Å². The molecule has 1 N–H and O–H groups in total. The molecule has 100 valence electrons. The molecule has 1 amide bonds. The third-order valence-electron chi connectivity index (χ3n) is 3.24. The van der Waals surface area contributed by atoms with Crippen LogP contribution in [0.5, 0.6) is 0 Å². The molecule has 1 aliphatic heterocycles. The maximum absolute atomic E-state index is 12.1. The molecule has 1 heterocycles. The number of amides is 1. The molecular weight excluding hydrogens is 316 g/mol. The molecular formula is C13H18BrClN2O. The number of rotatable bonds is 3. The number of hydrogen-bond acceptors (Lipinski definition) is 2. The summed E-state index contributed by atoms with van der Waals surface area (Å²) in [5, 5.41) is 3.28. The first-order valence-electron chi connectivity index (χ1n) is 5.87. The Labute approximate surface area is 122 Å². The molecule has 1 fully saturated rings. The van der Waals surface area contributed by atoms with E-state index in [4.69, 9.17) is 0 Å². The summed E-state index contributed by atoms with van der Waals surface area (Å²) in [5.41, 5.74) is 1.07. The Bertz CT molecular complexity index is 390. The minimum Gasteiger partial charge on any atom is -0.341 e. The van der Waals surface area contributed by atoms with Crippen LogP contribution in [-0.4, -0.2) is 37.0 Å². The standard InChI is InChI=1S/C13H17BrN2O.ClH/c1-16(12-6-7-15-9-12)13(17)8-10-2-4-11(14)5-3-10;/h2-5,12,15H,6-9H2,1H3;1H. The van der Waals surface area contributed by atoms with E-state index in [0.717, 1.165) is 29.5 Å². The fourth-order valence-corrected chi connectivity index (χ4v) is 2.34. The molecule has 0 saturated carbocycles. The van der Waals surface area contributed by atoms with Crippen molar-refractivity contribution >= 4 is 34.2 Å². The normalized spacial score (nSPS) is 18.2. The Morgan fingerprint density at radius 1 is 1.44 bits per heavy atom. The summed E-state index contributed by atoms with van der Waals surface area (Å²) in [4.78, 5) is 13.9. The Morgan fingerprint density at radius 2 is 2.11 bits per heavy atom. The van der Waals surface area contributed by atoms with Gasteiger partial charge in [-0.3, -0.25) is 4.79 Å². The van der Waals surface area contributed by atoms with E-state index < -0.39 is 0 Å². The number of halogens is 2. The molecule has 1 unspecified atom stereocenters. The Morgan fingerprint density at radius 3 is 2.67 bits per heavy atom. The van der Waals surface area contributed by atoms with Crippen molar-refractivity contribution in [3.8, 4) is 0 Å². The monoisotopic (exact) mass is 332 g/mol. The van der Waals surface area contributed by atoms with Crippen molar-refractivity contribution in [3.63, 3.8) is 0 Å². The van der Waals surface area contributed by atoms with Gasteiger partial charge in [0.05, 0.1) is 6.42 Å². The lowest BCUT2D eigenvalue weighted by molar-refractivity contribution is -0.130. The predicted octanol–water partition coefficient (Wildman–Crippen LogP) is 2.23. The summed E-state index contributed by atoms with van der Waals surface area (Å²) in [6, 6.07) is 8.28. The molecule has 1 aromatic carbocycles. The maximum atomic E-state index is 12.1. The Balaban J connectivity index is 0.00000162. The van der Waals surface area contributed by atoms with Crippen molar-refractivity contribution in [1.29, 1.82) is 0 Å². The quantitative estimate of drug-likeness (QED) is 0.920. The largest absolute Gasteiger partial charge is 0.341 e. The molecule has 18 heavy (non-hydrogen) atoms. The number of hydrogen-bond donors (Lipinski definition) is 1. The zero-order chi connectivity index (χ0) is 12.3. The van der Waals surface area contributed by atoms with E-state index in [9.17, 15) is 4.79 Å². The third kappa shape index (κ3) is 3.97. The Kier molecular flexibility index (Phi) is 6.12. The minimum absolute atomic E-state index is 0. The van der Waals surface area contributed by atoms with Gasteiger partial charge in [0.15, 0.2) is 0 Å². The summed E-state index contributed by atoms with van der Waals surface area (Å²) in [7, 11) is 1.90. The van der Waals surface area contributed by atoms with Crippen molar-refractivity contribution in [2.24, 2.45) is 0 Å². The van der Waals surface area contributed by atoms with Crippen LogP contribution in [0.25, 0.3) is 0 Å². The molecule has 1 aromatic rings. The van der Waals surface area contributed by atoms with Gasteiger partial charge in [-0.1, -0.05) is 28.1 Å². The van der Waals surface area contributed by atoms with Crippen molar-refractivity contribution in [2.75, 3.05) is 20.1 Å². The van der Waals surface area contributed by atoms with Crippen molar-refractivity contribution in [1.82, 2.24) is 10.2 Å². The van der Waals surface area contributed by atoms with E-state index in [1.54, 1.807) is 0 Å². The SMILES string of the molecule is CN(C(=O)Cc1ccc(Br)cc1)C1CCNC1.Cl. The van der Waals surface area contributed by atoms with Crippen molar-refractivity contribution < 1.29 is 4.79 Å². The molecule has 1 saturated heterocycles. The first kappa shape index (κ1) is 15.5. The smallest absolute Gasteiger partial charge is 0.227 e. The van der Waals surface area contributed by atoms with E-state index >= 15 is 0 Å². The number of likely N-dealkylation sites (N-methyl/N-ethyl adjacent to an activating group) is 1. The number of carbonyl (C=O) groups is 1. The topological polar surface area (TPSA) is 32.3 Å². The van der Waals surface area contributed by atoms with Crippen LogP contribution in [0, 0.1) is 0 Å². The summed E-state index contributed by atoms with van der Waals surface area (Å²) >= 11 is 3.39. The molecule has 5 heteroatoms. The summed E-state index contributed by atoms with van der Waals surface area (Å²) in [6.07, 6.45) is 1.54. The highest BCUT2D eigenvalue weighted by molar-refractivity contribution is 9.10. The van der Waals surface area contributed by atoms with Crippen LogP contribution in [0.15, 0.2) is 28.7 Å². The van der Waals surface area contributed by atoms with E-state index in [0.29, 0.717) is 12.5 Å². The maximum Gasteiger partial charge on any atom is 0.227 e. The summed E-state index contributed by atoms with van der Waals surface area (Å²) < 4.78 is 1.04. The van der Waals surface area contributed by atoms with Gasteiger partial charge in [-0.25, -0.2) is 0 Å². The molecule has 0 radical (unpaired) electrons. The van der Waals surface area contributed by atoms with E-state index in [1.807, 2.05) is 36.2 Å². The fourth-order valence-electron chi connectivity index (χ4n) is 2.08. The average Bonchev–Trinajstić information content (AvgIpc) is 2.84. The highest BCUT2D eigenvalue weighted by atomic mass is 79.9. The van der Waals surface area contributed by atoms with E-state index in [-0.39, 0.29) is 18.3 Å². The van der Waals surface area contributed by atoms with Gasteiger partial charge < -0.3 is 10.2 Å². The number of nitrogens with zero attached hydrogens (tertiary/aromatic N) is 1. The van der Waals surface area contributed by atoms with E-state index in [2.05, 4.69) is 21.2 Å². The second-order valence-corrected chi connectivity index (χ2v) is 5.37. The fraction of sp³-hybridized carbons (Fsp3) is 0.462. The van der Waals surface area contributed by atoms with Crippen molar-refractivity contribution in [3.05, 3.63) is 34.3 Å². The van der Waals surface area contributed by atoms with Crippen LogP contribution in [0.3, 0.4) is 0 Å². The van der Waals surface area contributed by atoms with Gasteiger partial charge in [-0.05, 0) is 30.7 Å². The van der Waals surface area contributed by atoms with Gasteiger partial charge >= 0.3 is 0 Å². The average molecular weight is 334 g/mol. The van der Waals surface area contributed by atoms with Gasteiger partial charge in [0.1, 0.15) is 0 Å². The zero-order valence-corrected chi connectivity index (χ0v) is 12.8. The van der Waals surface area contributed by atoms with Crippen LogP contribution >= 0.6 is 28.3 Å². The van der Waals surface area contributed by atoms with E-state index in [1.165, 1.54) is 0 Å². The van der Waals surface area contributed by atoms with Gasteiger partial charge in [0.2, 0.25) is 5.91 Å². The molecule has 2 rings (SSSR count). The second kappa shape index (κ2) is 7.12. The lowest BCUT2D eigenvalue weighted by Crippen LogP contribution is -2.39. The lowest BCUT2D eigenvalue weighted by atomic mass is 10.1. The number of benzene rings is 1. The zero-order valence-electron chi connectivity index (χ0n) is 10.4. The summed E-state index contributed by atoms with van der Waals surface area (Å²) in [6.45, 7) is 1.93. The van der Waals surface area contributed by atoms with Gasteiger partial charge in [-0.15, -0.1) is 12.4 Å². The van der Waals surface area contributed by atoms with Crippen LogP contribution in [0.2, 0.25) is 0 Å². The second-order valence-electron chi connectivity index (χ2n) is 4.45. The highest BCUT2D eigenvalue weighted by Crippen LogP contribution is 2.13. The third-order valence-corrected chi connectivity index (χ3v) is 3.77. The minimum atomic E-state index is 0. The van der Waals surface area contributed by atoms with Crippen LogP contribution in [0.1, 0.15) is 12.0 Å². The predicted molar refractivity (Wildman–Crippen MR) is 79.1 cm³/mol. The number of nitrogens with one attached hydrogen (secondary N) is 1. The molecule has 0 aliphatic carbocycles. The first-order chi connectivity index (χ1) is 8.16. The first-order valence-corrected chi connectivity index (χ1v) is 6.67. The van der Waals surface area contributed by atoms with Gasteiger partial charge in [-0.2, -0.15) is 0 Å². The van der Waals surface area contributed by atoms with Crippen LogP contribution in [0.4, 0.5) is 0 Å². The lowest BCUT2D eigenvalue weighted by Gasteiger charge is -2.23. The highest BCUT2D eigenvalue weighted by Gasteiger charge is 2.22. The molecule has 0 bridgehead atoms. The number of carbonyl (C=O) groups excluding carboxylic acids is 1. The molecule has 1 aliphatic rings. The Hall–Kier alpha value is -0.580. The molecule has 1 atom stereocenters. The van der Waals surface area contributed by atoms with Gasteiger partial charge in [0, 0.05) is 24.1 Å². The van der Waals surface area contributed by atoms with Crippen LogP contribution in [-0.2, 0) is 11.2 Å².